The highest BCUT2D eigenvalue weighted by molar-refractivity contribution is 7.15. The molecule has 0 bridgehead atoms. The summed E-state index contributed by atoms with van der Waals surface area (Å²) in [5.74, 6) is 0. The fourth-order valence-corrected chi connectivity index (χ4v) is 3.78. The zero-order chi connectivity index (χ0) is 13.8. The topological polar surface area (TPSA) is 28.2 Å². The van der Waals surface area contributed by atoms with Gasteiger partial charge in [0.25, 0.3) is 0 Å². The van der Waals surface area contributed by atoms with Crippen molar-refractivity contribution in [1.82, 2.24) is 10.3 Å². The Morgan fingerprint density at radius 3 is 2.89 bits per heavy atom. The summed E-state index contributed by atoms with van der Waals surface area (Å²) in [7, 11) is 0. The quantitative estimate of drug-likeness (QED) is 0.891. The normalized spacial score (nSPS) is 20.3. The van der Waals surface area contributed by atoms with E-state index in [0.29, 0.717) is 12.1 Å². The summed E-state index contributed by atoms with van der Waals surface area (Å²) in [4.78, 5) is 8.75. The first kappa shape index (κ1) is 14.8. The summed E-state index contributed by atoms with van der Waals surface area (Å²) in [6, 6.07) is 1.23. The van der Waals surface area contributed by atoms with Gasteiger partial charge in [-0.25, -0.2) is 4.98 Å². The van der Waals surface area contributed by atoms with Crippen molar-refractivity contribution < 1.29 is 0 Å². The fraction of sp³-hybridized carbons (Fsp3) is 0.800. The molecule has 1 aliphatic rings. The van der Waals surface area contributed by atoms with Crippen LogP contribution >= 0.6 is 11.3 Å². The molecule has 0 radical (unpaired) electrons. The third-order valence-electron chi connectivity index (χ3n) is 3.90. The monoisotopic (exact) mass is 281 g/mol. The highest BCUT2D eigenvalue weighted by Crippen LogP contribution is 2.31. The van der Waals surface area contributed by atoms with Crippen LogP contribution in [-0.2, 0) is 6.54 Å². The van der Waals surface area contributed by atoms with Crippen LogP contribution in [0.1, 0.15) is 57.0 Å². The van der Waals surface area contributed by atoms with Gasteiger partial charge >= 0.3 is 0 Å². The van der Waals surface area contributed by atoms with Crippen molar-refractivity contribution in [3.63, 3.8) is 0 Å². The van der Waals surface area contributed by atoms with Gasteiger partial charge in [0, 0.05) is 30.1 Å². The minimum absolute atomic E-state index is 0.531. The molecule has 1 fully saturated rings. The molecule has 3 nitrogen and oxygen atoms in total. The number of hydrogen-bond acceptors (Lipinski definition) is 4. The number of hydrogen-bond donors (Lipinski definition) is 1. The molecule has 2 rings (SSSR count). The molecule has 1 atom stereocenters. The molecule has 0 saturated carbocycles. The second-order valence-corrected chi connectivity index (χ2v) is 6.85. The summed E-state index contributed by atoms with van der Waals surface area (Å²) in [5, 5.41) is 4.74. The molecule has 0 spiro atoms. The third kappa shape index (κ3) is 3.69. The molecule has 1 unspecified atom stereocenters. The van der Waals surface area contributed by atoms with Gasteiger partial charge in [-0.2, -0.15) is 0 Å². The predicted molar refractivity (Wildman–Crippen MR) is 84.1 cm³/mol. The van der Waals surface area contributed by atoms with E-state index in [2.05, 4.69) is 37.9 Å². The lowest BCUT2D eigenvalue weighted by molar-refractivity contribution is 0.449. The zero-order valence-corrected chi connectivity index (χ0v) is 13.5. The van der Waals surface area contributed by atoms with Crippen LogP contribution < -0.4 is 10.2 Å². The maximum Gasteiger partial charge on any atom is 0.186 e. The number of aromatic nitrogens is 1. The molecule has 2 heterocycles. The largest absolute Gasteiger partial charge is 0.345 e. The summed E-state index contributed by atoms with van der Waals surface area (Å²) >= 11 is 1.88. The minimum Gasteiger partial charge on any atom is -0.345 e. The summed E-state index contributed by atoms with van der Waals surface area (Å²) in [5.41, 5.74) is 1.20. The van der Waals surface area contributed by atoms with Crippen LogP contribution in [0, 0.1) is 6.92 Å². The Bertz CT molecular complexity index is 400. The number of aryl methyl sites for hydroxylation is 1. The smallest absolute Gasteiger partial charge is 0.186 e. The molecule has 1 aromatic rings. The molecule has 1 saturated heterocycles. The summed E-state index contributed by atoms with van der Waals surface area (Å²) < 4.78 is 0. The van der Waals surface area contributed by atoms with Crippen LogP contribution in [0.5, 0.6) is 0 Å². The molecule has 0 aromatic carbocycles. The Balaban J connectivity index is 2.09. The van der Waals surface area contributed by atoms with E-state index in [0.717, 1.165) is 6.54 Å². The Labute approximate surface area is 121 Å². The SMILES string of the molecule is CCC1CCCCN1c1nc(C)c(CNC(C)C)s1. The van der Waals surface area contributed by atoms with Crippen molar-refractivity contribution in [3.8, 4) is 0 Å². The second-order valence-electron chi connectivity index (χ2n) is 5.79. The molecule has 1 aromatic heterocycles. The molecule has 19 heavy (non-hydrogen) atoms. The van der Waals surface area contributed by atoms with Crippen LogP contribution in [0.3, 0.4) is 0 Å². The highest BCUT2D eigenvalue weighted by Gasteiger charge is 2.24. The van der Waals surface area contributed by atoms with E-state index < -0.39 is 0 Å². The van der Waals surface area contributed by atoms with E-state index >= 15 is 0 Å². The summed E-state index contributed by atoms with van der Waals surface area (Å²) in [6.07, 6.45) is 5.25. The Morgan fingerprint density at radius 1 is 1.42 bits per heavy atom. The molecule has 4 heteroatoms. The average Bonchev–Trinajstić information content (AvgIpc) is 2.77. The van der Waals surface area contributed by atoms with E-state index in [9.17, 15) is 0 Å². The van der Waals surface area contributed by atoms with Gasteiger partial charge in [-0.15, -0.1) is 11.3 Å². The Hall–Kier alpha value is -0.610. The lowest BCUT2D eigenvalue weighted by atomic mass is 10.0. The number of piperidine rings is 1. The first-order valence-electron chi connectivity index (χ1n) is 7.58. The molecular weight excluding hydrogens is 254 g/mol. The maximum absolute atomic E-state index is 4.81. The molecule has 1 aliphatic heterocycles. The van der Waals surface area contributed by atoms with Crippen LogP contribution in [0.4, 0.5) is 5.13 Å². The van der Waals surface area contributed by atoms with Crippen LogP contribution in [0.15, 0.2) is 0 Å². The predicted octanol–water partition coefficient (Wildman–Crippen LogP) is 3.72. The van der Waals surface area contributed by atoms with E-state index in [-0.39, 0.29) is 0 Å². The molecule has 108 valence electrons. The van der Waals surface area contributed by atoms with Gasteiger partial charge in [0.05, 0.1) is 5.69 Å². The van der Waals surface area contributed by atoms with Gasteiger partial charge in [-0.05, 0) is 32.6 Å². The molecule has 1 N–H and O–H groups in total. The van der Waals surface area contributed by atoms with Crippen LogP contribution in [0.25, 0.3) is 0 Å². The zero-order valence-electron chi connectivity index (χ0n) is 12.7. The van der Waals surface area contributed by atoms with Gasteiger partial charge in [-0.1, -0.05) is 20.8 Å². The lowest BCUT2D eigenvalue weighted by Crippen LogP contribution is -2.39. The number of anilines is 1. The first-order valence-corrected chi connectivity index (χ1v) is 8.39. The van der Waals surface area contributed by atoms with Crippen molar-refractivity contribution in [2.24, 2.45) is 0 Å². The second kappa shape index (κ2) is 6.71. The van der Waals surface area contributed by atoms with Crippen molar-refractivity contribution >= 4 is 16.5 Å². The Kier molecular flexibility index (Phi) is 5.22. The Morgan fingerprint density at radius 2 is 2.21 bits per heavy atom. The standard InChI is InChI=1S/C15H27N3S/c1-5-13-8-6-7-9-18(13)15-17-12(4)14(19-15)10-16-11(2)3/h11,13,16H,5-10H2,1-4H3. The van der Waals surface area contributed by atoms with E-state index in [1.807, 2.05) is 11.3 Å². The fourth-order valence-electron chi connectivity index (χ4n) is 2.67. The maximum atomic E-state index is 4.81. The van der Waals surface area contributed by atoms with Crippen LogP contribution in [-0.4, -0.2) is 23.6 Å². The number of thiazole rings is 1. The van der Waals surface area contributed by atoms with Crippen molar-refractivity contribution in [3.05, 3.63) is 10.6 Å². The van der Waals surface area contributed by atoms with Crippen molar-refractivity contribution in [2.75, 3.05) is 11.4 Å². The minimum atomic E-state index is 0.531. The number of nitrogens with one attached hydrogen (secondary N) is 1. The summed E-state index contributed by atoms with van der Waals surface area (Å²) in [6.45, 7) is 10.9. The number of nitrogens with zero attached hydrogens (tertiary/aromatic N) is 2. The van der Waals surface area contributed by atoms with Gasteiger partial charge in [0.1, 0.15) is 0 Å². The molecular formula is C15H27N3S. The molecule has 0 aliphatic carbocycles. The van der Waals surface area contributed by atoms with Gasteiger partial charge in [-0.3, -0.25) is 0 Å². The van der Waals surface area contributed by atoms with Crippen molar-refractivity contribution in [1.29, 1.82) is 0 Å². The van der Waals surface area contributed by atoms with Gasteiger partial charge in [0.2, 0.25) is 0 Å². The van der Waals surface area contributed by atoms with E-state index in [1.165, 1.54) is 47.9 Å². The van der Waals surface area contributed by atoms with E-state index in [1.54, 1.807) is 0 Å². The van der Waals surface area contributed by atoms with Gasteiger partial charge < -0.3 is 10.2 Å². The lowest BCUT2D eigenvalue weighted by Gasteiger charge is -2.35. The highest BCUT2D eigenvalue weighted by atomic mass is 32.1. The first-order chi connectivity index (χ1) is 9.11. The van der Waals surface area contributed by atoms with E-state index in [4.69, 9.17) is 4.98 Å². The third-order valence-corrected chi connectivity index (χ3v) is 5.09. The average molecular weight is 281 g/mol. The van der Waals surface area contributed by atoms with Crippen LogP contribution in [0.2, 0.25) is 0 Å². The van der Waals surface area contributed by atoms with Gasteiger partial charge in [0.15, 0.2) is 5.13 Å². The van der Waals surface area contributed by atoms with Crippen molar-refractivity contribution in [2.45, 2.75) is 72.0 Å². The number of rotatable bonds is 5. The molecule has 0 amide bonds.